The van der Waals surface area contributed by atoms with Crippen molar-refractivity contribution >= 4 is 74.4 Å². The fourth-order valence-electron chi connectivity index (χ4n) is 0. The van der Waals surface area contributed by atoms with Gasteiger partial charge in [-0.05, 0) is 0 Å². The van der Waals surface area contributed by atoms with Crippen molar-refractivity contribution in [3.63, 3.8) is 0 Å². The third-order valence-corrected chi connectivity index (χ3v) is 0. The summed E-state index contributed by atoms with van der Waals surface area (Å²) in [5.41, 5.74) is 0. The molecule has 0 amide bonds. The zero-order chi connectivity index (χ0) is 0. The molecule has 0 aliphatic rings. The molecule has 0 heterocycles. The fourth-order valence-corrected chi connectivity index (χ4v) is 0. The molecule has 0 atom stereocenters. The maximum atomic E-state index is 0. The van der Waals surface area contributed by atoms with E-state index in [1.807, 2.05) is 0 Å². The Morgan fingerprint density at radius 1 is 1.00 bits per heavy atom. The van der Waals surface area contributed by atoms with Gasteiger partial charge in [0.25, 0.3) is 0 Å². The van der Waals surface area contributed by atoms with E-state index < -0.39 is 0 Å². The first kappa shape index (κ1) is 26.1. The average Bonchev–Trinajstić information content (AvgIpc) is 0. The van der Waals surface area contributed by atoms with E-state index in [1.165, 1.54) is 0 Å². The van der Waals surface area contributed by atoms with Crippen LogP contribution in [0.2, 0.25) is 0 Å². The fraction of sp³-hybridized carbons (Fsp3) is 0. The van der Waals surface area contributed by atoms with Crippen molar-refractivity contribution in [3.8, 4) is 0 Å². The Kier molecular flexibility index (Phi) is 105. The Labute approximate surface area is 106 Å². The monoisotopic (exact) mass is 181 g/mol. The molecule has 0 aromatic rings. The molecule has 0 N–H and O–H groups in total. The van der Waals surface area contributed by atoms with Crippen molar-refractivity contribution in [2.24, 2.45) is 0 Å². The molecule has 0 nitrogen and oxygen atoms in total. The largest absolute Gasteiger partial charge is 0 e. The van der Waals surface area contributed by atoms with Crippen LogP contribution < -0.4 is 0 Å². The SMILES string of the molecule is [Cu].[K].[Mg].[Mn]. The van der Waals surface area contributed by atoms with Gasteiger partial charge in [0.15, 0.2) is 0 Å². The minimum atomic E-state index is 0. The zero-order valence-electron chi connectivity index (χ0n) is 2.39. The summed E-state index contributed by atoms with van der Waals surface area (Å²) in [6.45, 7) is 0. The Morgan fingerprint density at radius 3 is 1.00 bits per heavy atom. The van der Waals surface area contributed by atoms with Crippen LogP contribution in [0.5, 0.6) is 0 Å². The van der Waals surface area contributed by atoms with Crippen LogP contribution in [0.3, 0.4) is 0 Å². The molecule has 4 heteroatoms. The quantitative estimate of drug-likeness (QED) is 0.431. The second kappa shape index (κ2) is 16.1. The van der Waals surface area contributed by atoms with E-state index in [0.717, 1.165) is 0 Å². The van der Waals surface area contributed by atoms with Gasteiger partial charge in [-0.3, -0.25) is 0 Å². The summed E-state index contributed by atoms with van der Waals surface area (Å²) in [6, 6.07) is 0. The molecule has 0 fully saturated rings. The molecule has 0 bridgehead atoms. The van der Waals surface area contributed by atoms with Gasteiger partial charge in [-0.25, -0.2) is 0 Å². The van der Waals surface area contributed by atoms with Crippen molar-refractivity contribution in [2.45, 2.75) is 0 Å². The standard InChI is InChI=1S/Cu.K.Mg.Mn. The predicted molar refractivity (Wildman–Crippen MR) is 11.5 cm³/mol. The Hall–Kier alpha value is 3.44. The first-order valence-corrected chi connectivity index (χ1v) is 0. The Morgan fingerprint density at radius 2 is 1.00 bits per heavy atom. The van der Waals surface area contributed by atoms with Crippen molar-refractivity contribution in [1.82, 2.24) is 0 Å². The zero-order valence-corrected chi connectivity index (χ0v) is 9.05. The second-order valence-corrected chi connectivity index (χ2v) is 0. The van der Waals surface area contributed by atoms with Crippen LogP contribution in [0, 0.1) is 0 Å². The smallest absolute Gasteiger partial charge is 0 e. The average molecular weight is 182 g/mol. The van der Waals surface area contributed by atoms with Crippen LogP contribution in [0.25, 0.3) is 0 Å². The van der Waals surface area contributed by atoms with E-state index in [2.05, 4.69) is 0 Å². The minimum Gasteiger partial charge on any atom is 0 e. The Balaban J connectivity index is 0. The number of rotatable bonds is 0. The summed E-state index contributed by atoms with van der Waals surface area (Å²) < 4.78 is 0. The first-order chi connectivity index (χ1) is 0. The molecule has 0 aromatic heterocycles. The third-order valence-electron chi connectivity index (χ3n) is 0. The van der Waals surface area contributed by atoms with Crippen LogP contribution >= 0.6 is 0 Å². The maximum absolute atomic E-state index is 0. The normalized spacial score (nSPS) is 0. The van der Waals surface area contributed by atoms with Crippen molar-refractivity contribution in [1.29, 1.82) is 0 Å². The van der Waals surface area contributed by atoms with Gasteiger partial charge in [-0.2, -0.15) is 0 Å². The van der Waals surface area contributed by atoms with Crippen molar-refractivity contribution in [2.75, 3.05) is 0 Å². The number of hydrogen-bond acceptors (Lipinski definition) is 0. The van der Waals surface area contributed by atoms with Crippen molar-refractivity contribution in [3.05, 3.63) is 0 Å². The van der Waals surface area contributed by atoms with Gasteiger partial charge in [0, 0.05) is 109 Å². The molecule has 0 spiro atoms. The summed E-state index contributed by atoms with van der Waals surface area (Å²) in [5, 5.41) is 0. The van der Waals surface area contributed by atoms with E-state index in [0.29, 0.717) is 0 Å². The van der Waals surface area contributed by atoms with Crippen LogP contribution in [0.1, 0.15) is 0 Å². The molecule has 4 heavy (non-hydrogen) atoms. The van der Waals surface area contributed by atoms with Gasteiger partial charge in [0.2, 0.25) is 0 Å². The molecule has 0 saturated carbocycles. The van der Waals surface area contributed by atoms with E-state index in [4.69, 9.17) is 0 Å². The van der Waals surface area contributed by atoms with Crippen molar-refractivity contribution < 1.29 is 34.1 Å². The molecule has 0 aliphatic carbocycles. The van der Waals surface area contributed by atoms with E-state index >= 15 is 0 Å². The molecule has 0 rings (SSSR count). The van der Waals surface area contributed by atoms with Crippen LogP contribution in [-0.2, 0) is 34.1 Å². The summed E-state index contributed by atoms with van der Waals surface area (Å²) in [4.78, 5) is 0. The first-order valence-electron chi connectivity index (χ1n) is 0. The van der Waals surface area contributed by atoms with E-state index in [1.54, 1.807) is 0 Å². The van der Waals surface area contributed by atoms with Crippen LogP contribution in [0.15, 0.2) is 0 Å². The molecule has 0 unspecified atom stereocenters. The maximum Gasteiger partial charge on any atom is 0 e. The topological polar surface area (TPSA) is 0 Å². The molecule has 0 aromatic carbocycles. The predicted octanol–water partition coefficient (Wildman–Crippen LogP) is -0.767. The molecular weight excluding hydrogens is 182 g/mol. The van der Waals surface area contributed by atoms with Crippen LogP contribution in [0.4, 0.5) is 0 Å². The van der Waals surface area contributed by atoms with Gasteiger partial charge >= 0.3 is 0 Å². The summed E-state index contributed by atoms with van der Waals surface area (Å²) in [6.07, 6.45) is 0. The molecule has 21 valence electrons. The summed E-state index contributed by atoms with van der Waals surface area (Å²) >= 11 is 0. The van der Waals surface area contributed by atoms with E-state index in [-0.39, 0.29) is 109 Å². The molecule has 0 aliphatic heterocycles. The molecular formula is CuKMgMn. The van der Waals surface area contributed by atoms with Gasteiger partial charge in [-0.15, -0.1) is 0 Å². The van der Waals surface area contributed by atoms with Gasteiger partial charge in [-0.1, -0.05) is 0 Å². The summed E-state index contributed by atoms with van der Waals surface area (Å²) in [5.74, 6) is 0. The van der Waals surface area contributed by atoms with Gasteiger partial charge in [0.05, 0.1) is 0 Å². The molecule has 5 radical (unpaired) electrons. The third kappa shape index (κ3) is 9.06. The number of hydrogen-bond donors (Lipinski definition) is 0. The van der Waals surface area contributed by atoms with Crippen LogP contribution in [-0.4, -0.2) is 74.4 Å². The minimum absolute atomic E-state index is 0. The van der Waals surface area contributed by atoms with Gasteiger partial charge < -0.3 is 0 Å². The molecule has 0 saturated heterocycles. The summed E-state index contributed by atoms with van der Waals surface area (Å²) in [7, 11) is 0. The van der Waals surface area contributed by atoms with Gasteiger partial charge in [0.1, 0.15) is 0 Å². The second-order valence-electron chi connectivity index (χ2n) is 0. The van der Waals surface area contributed by atoms with E-state index in [9.17, 15) is 0 Å². The Bertz CT molecular complexity index is 8.00.